The fourth-order valence-electron chi connectivity index (χ4n) is 2.18. The molecular weight excluding hydrogens is 284 g/mol. The van der Waals surface area contributed by atoms with E-state index in [1.165, 1.54) is 0 Å². The lowest BCUT2D eigenvalue weighted by atomic mass is 10.0. The summed E-state index contributed by atoms with van der Waals surface area (Å²) in [4.78, 5) is 12.0. The molecule has 0 fully saturated rings. The third kappa shape index (κ3) is 3.03. The molecule has 104 valence electrons. The Morgan fingerprint density at radius 1 is 0.952 bits per heavy atom. The van der Waals surface area contributed by atoms with Gasteiger partial charge in [-0.05, 0) is 17.7 Å². The molecule has 0 bridgehead atoms. The molecule has 0 amide bonds. The molecule has 0 atom stereocenters. The van der Waals surface area contributed by atoms with Crippen molar-refractivity contribution in [1.82, 2.24) is 10.2 Å². The lowest BCUT2D eigenvalue weighted by Crippen LogP contribution is -2.15. The van der Waals surface area contributed by atoms with E-state index in [-0.39, 0.29) is 5.56 Å². The van der Waals surface area contributed by atoms with Crippen LogP contribution in [0.2, 0.25) is 5.02 Å². The van der Waals surface area contributed by atoms with Gasteiger partial charge in [0.15, 0.2) is 0 Å². The summed E-state index contributed by atoms with van der Waals surface area (Å²) in [6.07, 6.45) is 0.483. The smallest absolute Gasteiger partial charge is 0.267 e. The second kappa shape index (κ2) is 5.94. The van der Waals surface area contributed by atoms with E-state index in [2.05, 4.69) is 10.2 Å². The summed E-state index contributed by atoms with van der Waals surface area (Å²) in [5.74, 6) is 0. The lowest BCUT2D eigenvalue weighted by molar-refractivity contribution is 0.955. The number of aromatic nitrogens is 2. The minimum atomic E-state index is -0.186. The average molecular weight is 297 g/mol. The van der Waals surface area contributed by atoms with E-state index in [0.717, 1.165) is 16.8 Å². The van der Waals surface area contributed by atoms with Crippen molar-refractivity contribution in [3.63, 3.8) is 0 Å². The summed E-state index contributed by atoms with van der Waals surface area (Å²) in [5.41, 5.74) is 3.10. The van der Waals surface area contributed by atoms with Crippen LogP contribution in [0.1, 0.15) is 11.1 Å². The normalized spacial score (nSPS) is 10.5. The van der Waals surface area contributed by atoms with Crippen molar-refractivity contribution in [3.05, 3.63) is 87.2 Å². The van der Waals surface area contributed by atoms with Crippen LogP contribution in [0.4, 0.5) is 0 Å². The number of H-pyrrole nitrogens is 1. The van der Waals surface area contributed by atoms with Gasteiger partial charge in [0.05, 0.1) is 5.69 Å². The predicted molar refractivity (Wildman–Crippen MR) is 84.6 cm³/mol. The maximum atomic E-state index is 12.0. The van der Waals surface area contributed by atoms with Gasteiger partial charge >= 0.3 is 0 Å². The molecule has 0 saturated carbocycles. The summed E-state index contributed by atoms with van der Waals surface area (Å²) in [5, 5.41) is 7.32. The Hall–Kier alpha value is -2.39. The number of hydrogen-bond acceptors (Lipinski definition) is 2. The minimum absolute atomic E-state index is 0.186. The van der Waals surface area contributed by atoms with Gasteiger partial charge in [-0.15, -0.1) is 0 Å². The Bertz CT molecular complexity index is 812. The molecule has 0 radical (unpaired) electrons. The van der Waals surface area contributed by atoms with Crippen molar-refractivity contribution in [1.29, 1.82) is 0 Å². The van der Waals surface area contributed by atoms with E-state index in [1.54, 1.807) is 0 Å². The van der Waals surface area contributed by atoms with Crippen LogP contribution in [0.3, 0.4) is 0 Å². The highest BCUT2D eigenvalue weighted by atomic mass is 35.5. The Balaban J connectivity index is 2.00. The Labute approximate surface area is 127 Å². The van der Waals surface area contributed by atoms with Crippen LogP contribution < -0.4 is 5.56 Å². The molecule has 4 heteroatoms. The predicted octanol–water partition coefficient (Wildman–Crippen LogP) is 3.68. The minimum Gasteiger partial charge on any atom is -0.268 e. The number of nitrogens with one attached hydrogen (secondary N) is 1. The summed E-state index contributed by atoms with van der Waals surface area (Å²) in [6.45, 7) is 0. The maximum absolute atomic E-state index is 12.0. The van der Waals surface area contributed by atoms with Gasteiger partial charge in [-0.3, -0.25) is 4.79 Å². The molecule has 21 heavy (non-hydrogen) atoms. The second-order valence-electron chi connectivity index (χ2n) is 4.74. The molecule has 3 aromatic rings. The summed E-state index contributed by atoms with van der Waals surface area (Å²) < 4.78 is 0. The SMILES string of the molecule is O=c1[nH]nc(-c2ccccc2)cc1Cc1ccccc1Cl. The van der Waals surface area contributed by atoms with Crippen molar-refractivity contribution in [2.45, 2.75) is 6.42 Å². The molecule has 2 aromatic carbocycles. The molecular formula is C17H13ClN2O. The number of halogens is 1. The standard InChI is InChI=1S/C17H13ClN2O/c18-15-9-5-4-8-13(15)10-14-11-16(19-20-17(14)21)12-6-2-1-3-7-12/h1-9,11H,10H2,(H,20,21). The monoisotopic (exact) mass is 296 g/mol. The van der Waals surface area contributed by atoms with Crippen LogP contribution in [-0.4, -0.2) is 10.2 Å². The third-order valence-corrected chi connectivity index (χ3v) is 3.66. The van der Waals surface area contributed by atoms with Crippen molar-refractivity contribution in [3.8, 4) is 11.3 Å². The van der Waals surface area contributed by atoms with Gasteiger partial charge in [0, 0.05) is 22.6 Å². The van der Waals surface area contributed by atoms with Crippen molar-refractivity contribution < 1.29 is 0 Å². The van der Waals surface area contributed by atoms with Crippen molar-refractivity contribution in [2.24, 2.45) is 0 Å². The molecule has 1 N–H and O–H groups in total. The molecule has 0 saturated heterocycles. The Morgan fingerprint density at radius 2 is 1.67 bits per heavy atom. The van der Waals surface area contributed by atoms with Gasteiger partial charge in [0.1, 0.15) is 0 Å². The molecule has 0 unspecified atom stereocenters. The van der Waals surface area contributed by atoms with E-state index in [0.29, 0.717) is 17.0 Å². The van der Waals surface area contributed by atoms with E-state index in [9.17, 15) is 4.79 Å². The van der Waals surface area contributed by atoms with Crippen LogP contribution >= 0.6 is 11.6 Å². The number of hydrogen-bond donors (Lipinski definition) is 1. The molecule has 3 rings (SSSR count). The fraction of sp³-hybridized carbons (Fsp3) is 0.0588. The van der Waals surface area contributed by atoms with Crippen LogP contribution in [0, 0.1) is 0 Å². The number of benzene rings is 2. The highest BCUT2D eigenvalue weighted by Crippen LogP contribution is 2.20. The first-order valence-electron chi connectivity index (χ1n) is 6.61. The van der Waals surface area contributed by atoms with E-state index >= 15 is 0 Å². The van der Waals surface area contributed by atoms with Crippen LogP contribution in [0.5, 0.6) is 0 Å². The quantitative estimate of drug-likeness (QED) is 0.801. The topological polar surface area (TPSA) is 45.8 Å². The van der Waals surface area contributed by atoms with Crippen LogP contribution in [0.25, 0.3) is 11.3 Å². The first-order chi connectivity index (χ1) is 10.2. The van der Waals surface area contributed by atoms with Crippen LogP contribution in [-0.2, 0) is 6.42 Å². The molecule has 0 aliphatic carbocycles. The van der Waals surface area contributed by atoms with Gasteiger partial charge in [0.25, 0.3) is 5.56 Å². The zero-order chi connectivity index (χ0) is 14.7. The summed E-state index contributed by atoms with van der Waals surface area (Å²) in [7, 11) is 0. The zero-order valence-corrected chi connectivity index (χ0v) is 12.0. The molecule has 1 aromatic heterocycles. The summed E-state index contributed by atoms with van der Waals surface area (Å²) in [6, 6.07) is 19.1. The number of rotatable bonds is 3. The highest BCUT2D eigenvalue weighted by Gasteiger charge is 2.08. The molecule has 0 spiro atoms. The van der Waals surface area contributed by atoms with Gasteiger partial charge in [-0.2, -0.15) is 5.10 Å². The van der Waals surface area contributed by atoms with Gasteiger partial charge in [0.2, 0.25) is 0 Å². The fourth-order valence-corrected chi connectivity index (χ4v) is 2.38. The van der Waals surface area contributed by atoms with Crippen LogP contribution in [0.15, 0.2) is 65.5 Å². The van der Waals surface area contributed by atoms with E-state index < -0.39 is 0 Å². The van der Waals surface area contributed by atoms with Crippen molar-refractivity contribution in [2.75, 3.05) is 0 Å². The van der Waals surface area contributed by atoms with Crippen molar-refractivity contribution >= 4 is 11.6 Å². The van der Waals surface area contributed by atoms with E-state index in [1.807, 2.05) is 60.7 Å². The second-order valence-corrected chi connectivity index (χ2v) is 5.15. The zero-order valence-electron chi connectivity index (χ0n) is 11.2. The largest absolute Gasteiger partial charge is 0.268 e. The van der Waals surface area contributed by atoms with Gasteiger partial charge in [-0.1, -0.05) is 60.1 Å². The van der Waals surface area contributed by atoms with E-state index in [4.69, 9.17) is 11.6 Å². The number of aromatic amines is 1. The third-order valence-electron chi connectivity index (χ3n) is 3.29. The van der Waals surface area contributed by atoms with Gasteiger partial charge < -0.3 is 0 Å². The highest BCUT2D eigenvalue weighted by molar-refractivity contribution is 6.31. The number of nitrogens with zero attached hydrogens (tertiary/aromatic N) is 1. The molecule has 1 heterocycles. The first kappa shape index (κ1) is 13.6. The maximum Gasteiger partial charge on any atom is 0.267 e. The average Bonchev–Trinajstić information content (AvgIpc) is 2.52. The Morgan fingerprint density at radius 3 is 2.43 bits per heavy atom. The summed E-state index contributed by atoms with van der Waals surface area (Å²) >= 11 is 6.16. The molecule has 0 aliphatic rings. The lowest BCUT2D eigenvalue weighted by Gasteiger charge is -2.05. The first-order valence-corrected chi connectivity index (χ1v) is 6.99. The molecule has 0 aliphatic heterocycles. The van der Waals surface area contributed by atoms with Gasteiger partial charge in [-0.25, -0.2) is 5.10 Å². The Kier molecular flexibility index (Phi) is 3.84. The molecule has 3 nitrogen and oxygen atoms in total.